The molecule has 0 amide bonds. The fourth-order valence-corrected chi connectivity index (χ4v) is 3.00. The van der Waals surface area contributed by atoms with Gasteiger partial charge in [0.1, 0.15) is 5.75 Å². The Morgan fingerprint density at radius 1 is 0.913 bits per heavy atom. The van der Waals surface area contributed by atoms with Crippen molar-refractivity contribution in [2.24, 2.45) is 5.92 Å². The van der Waals surface area contributed by atoms with Crippen molar-refractivity contribution < 1.29 is 19.5 Å². The summed E-state index contributed by atoms with van der Waals surface area (Å²) >= 11 is 0. The zero-order chi connectivity index (χ0) is 17.0. The van der Waals surface area contributed by atoms with E-state index in [0.717, 1.165) is 12.8 Å². The lowest BCUT2D eigenvalue weighted by Gasteiger charge is -2.19. The van der Waals surface area contributed by atoms with E-state index < -0.39 is 17.5 Å². The van der Waals surface area contributed by atoms with Gasteiger partial charge in [-0.2, -0.15) is 0 Å². The van der Waals surface area contributed by atoms with Gasteiger partial charge in [-0.05, 0) is 37.5 Å². The van der Waals surface area contributed by atoms with Crippen LogP contribution in [0.2, 0.25) is 0 Å². The summed E-state index contributed by atoms with van der Waals surface area (Å²) in [7, 11) is 0. The van der Waals surface area contributed by atoms with Crippen molar-refractivity contribution in [3.63, 3.8) is 0 Å². The van der Waals surface area contributed by atoms with Gasteiger partial charge in [-0.1, -0.05) is 39.0 Å². The van der Waals surface area contributed by atoms with Crippen molar-refractivity contribution in [2.75, 3.05) is 0 Å². The third-order valence-electron chi connectivity index (χ3n) is 4.54. The molecule has 1 N–H and O–H groups in total. The Balaban J connectivity index is 2.11. The standard InChI is InChI=1S/C19H24O4/c1-3-4-5-6-7-8-9-13-10-14-15(11-16(13)20)19(23)18(22)12(2)17(14)21/h10-12,20H,3-9H2,1-2H3. The lowest BCUT2D eigenvalue weighted by Crippen LogP contribution is -2.35. The van der Waals surface area contributed by atoms with Gasteiger partial charge in [-0.25, -0.2) is 0 Å². The smallest absolute Gasteiger partial charge is 0.230 e. The summed E-state index contributed by atoms with van der Waals surface area (Å²) < 4.78 is 0. The van der Waals surface area contributed by atoms with E-state index in [1.54, 1.807) is 6.07 Å². The van der Waals surface area contributed by atoms with Crippen molar-refractivity contribution in [2.45, 2.75) is 58.8 Å². The summed E-state index contributed by atoms with van der Waals surface area (Å²) in [6.45, 7) is 3.64. The number of phenolic OH excluding ortho intramolecular Hbond substituents is 1. The minimum Gasteiger partial charge on any atom is -0.508 e. The predicted molar refractivity (Wildman–Crippen MR) is 88.0 cm³/mol. The van der Waals surface area contributed by atoms with Crippen molar-refractivity contribution >= 4 is 17.3 Å². The molecule has 2 rings (SSSR count). The van der Waals surface area contributed by atoms with Gasteiger partial charge in [0.15, 0.2) is 5.78 Å². The molecule has 0 saturated heterocycles. The van der Waals surface area contributed by atoms with E-state index in [1.165, 1.54) is 38.7 Å². The second-order valence-corrected chi connectivity index (χ2v) is 6.32. The zero-order valence-corrected chi connectivity index (χ0v) is 13.9. The molecule has 0 bridgehead atoms. The number of hydrogen-bond donors (Lipinski definition) is 1. The fourth-order valence-electron chi connectivity index (χ4n) is 3.00. The summed E-state index contributed by atoms with van der Waals surface area (Å²) in [4.78, 5) is 36.0. The Morgan fingerprint density at radius 2 is 1.57 bits per heavy atom. The molecular formula is C19H24O4. The Bertz CT molecular complexity index is 631. The van der Waals surface area contributed by atoms with Crippen LogP contribution in [0.15, 0.2) is 12.1 Å². The number of carbonyl (C=O) groups excluding carboxylic acids is 3. The third kappa shape index (κ3) is 3.69. The van der Waals surface area contributed by atoms with Crippen LogP contribution in [0.5, 0.6) is 5.75 Å². The molecule has 124 valence electrons. The van der Waals surface area contributed by atoms with Gasteiger partial charge < -0.3 is 5.11 Å². The summed E-state index contributed by atoms with van der Waals surface area (Å²) in [5, 5.41) is 10.1. The van der Waals surface area contributed by atoms with Crippen LogP contribution in [0.3, 0.4) is 0 Å². The van der Waals surface area contributed by atoms with E-state index in [4.69, 9.17) is 0 Å². The van der Waals surface area contributed by atoms with Crippen LogP contribution in [0.25, 0.3) is 0 Å². The van der Waals surface area contributed by atoms with Crippen LogP contribution in [0.1, 0.15) is 78.7 Å². The zero-order valence-electron chi connectivity index (χ0n) is 13.9. The van der Waals surface area contributed by atoms with E-state index in [-0.39, 0.29) is 22.7 Å². The Morgan fingerprint density at radius 3 is 2.26 bits per heavy atom. The number of ketones is 3. The molecule has 1 aromatic rings. The van der Waals surface area contributed by atoms with Gasteiger partial charge in [0.05, 0.1) is 5.92 Å². The topological polar surface area (TPSA) is 71.4 Å². The Hall–Kier alpha value is -1.97. The molecule has 0 spiro atoms. The first-order valence-corrected chi connectivity index (χ1v) is 8.46. The normalized spacial score (nSPS) is 17.5. The second-order valence-electron chi connectivity index (χ2n) is 6.32. The van der Waals surface area contributed by atoms with Gasteiger partial charge in [0, 0.05) is 11.1 Å². The van der Waals surface area contributed by atoms with Gasteiger partial charge in [-0.3, -0.25) is 14.4 Å². The molecule has 0 aromatic heterocycles. The molecule has 4 nitrogen and oxygen atoms in total. The maximum Gasteiger partial charge on any atom is 0.230 e. The second kappa shape index (κ2) is 7.53. The molecule has 1 aromatic carbocycles. The summed E-state index contributed by atoms with van der Waals surface area (Å²) in [5.74, 6) is -2.60. The Labute approximate surface area is 136 Å². The number of carbonyl (C=O) groups is 3. The fraction of sp³-hybridized carbons (Fsp3) is 0.526. The minimum absolute atomic E-state index is 0.000751. The van der Waals surface area contributed by atoms with Crippen LogP contribution >= 0.6 is 0 Å². The number of benzene rings is 1. The molecule has 4 heteroatoms. The number of fused-ring (bicyclic) bond motifs is 1. The summed E-state index contributed by atoms with van der Waals surface area (Å²) in [5.41, 5.74) is 1.00. The number of rotatable bonds is 7. The molecule has 0 saturated carbocycles. The lowest BCUT2D eigenvalue weighted by atomic mass is 9.80. The van der Waals surface area contributed by atoms with Crippen LogP contribution in [0, 0.1) is 5.92 Å². The highest BCUT2D eigenvalue weighted by Crippen LogP contribution is 2.30. The SMILES string of the molecule is CCCCCCCCc1cc2c(cc1O)C(=O)C(=O)C(C)C2=O. The summed E-state index contributed by atoms with van der Waals surface area (Å²) in [6.07, 6.45) is 7.53. The van der Waals surface area contributed by atoms with Crippen molar-refractivity contribution in [1.82, 2.24) is 0 Å². The minimum atomic E-state index is -0.915. The molecule has 23 heavy (non-hydrogen) atoms. The monoisotopic (exact) mass is 316 g/mol. The van der Waals surface area contributed by atoms with E-state index >= 15 is 0 Å². The molecule has 0 radical (unpaired) electrons. The average molecular weight is 316 g/mol. The average Bonchev–Trinajstić information content (AvgIpc) is 2.55. The van der Waals surface area contributed by atoms with Crippen LogP contribution in [-0.2, 0) is 11.2 Å². The lowest BCUT2D eigenvalue weighted by molar-refractivity contribution is -0.117. The van der Waals surface area contributed by atoms with E-state index in [0.29, 0.717) is 12.0 Å². The van der Waals surface area contributed by atoms with Gasteiger partial charge in [-0.15, -0.1) is 0 Å². The largest absolute Gasteiger partial charge is 0.508 e. The number of aromatic hydroxyl groups is 1. The molecule has 0 fully saturated rings. The number of hydrogen-bond acceptors (Lipinski definition) is 4. The number of aryl methyl sites for hydroxylation is 1. The first kappa shape index (κ1) is 17.4. The summed E-state index contributed by atoms with van der Waals surface area (Å²) in [6, 6.07) is 2.88. The highest BCUT2D eigenvalue weighted by atomic mass is 16.3. The maximum atomic E-state index is 12.2. The van der Waals surface area contributed by atoms with Crippen LogP contribution in [-0.4, -0.2) is 22.5 Å². The van der Waals surface area contributed by atoms with E-state index in [2.05, 4.69) is 6.92 Å². The van der Waals surface area contributed by atoms with Gasteiger partial charge in [0.25, 0.3) is 0 Å². The highest BCUT2D eigenvalue weighted by molar-refractivity contribution is 6.51. The van der Waals surface area contributed by atoms with Crippen molar-refractivity contribution in [3.8, 4) is 5.75 Å². The molecule has 0 aliphatic heterocycles. The van der Waals surface area contributed by atoms with Crippen LogP contribution < -0.4 is 0 Å². The molecule has 1 atom stereocenters. The quantitative estimate of drug-likeness (QED) is 0.471. The van der Waals surface area contributed by atoms with E-state index in [9.17, 15) is 19.5 Å². The van der Waals surface area contributed by atoms with E-state index in [1.807, 2.05) is 0 Å². The first-order valence-electron chi connectivity index (χ1n) is 8.46. The molecule has 1 unspecified atom stereocenters. The van der Waals surface area contributed by atoms with Gasteiger partial charge >= 0.3 is 0 Å². The molecule has 1 aliphatic carbocycles. The number of unbranched alkanes of at least 4 members (excludes halogenated alkanes) is 5. The number of phenols is 1. The highest BCUT2D eigenvalue weighted by Gasteiger charge is 2.37. The predicted octanol–water partition coefficient (Wildman–Crippen LogP) is 3.88. The third-order valence-corrected chi connectivity index (χ3v) is 4.54. The maximum absolute atomic E-state index is 12.2. The molecular weight excluding hydrogens is 292 g/mol. The van der Waals surface area contributed by atoms with Crippen molar-refractivity contribution in [1.29, 1.82) is 0 Å². The van der Waals surface area contributed by atoms with Crippen LogP contribution in [0.4, 0.5) is 0 Å². The van der Waals surface area contributed by atoms with Gasteiger partial charge in [0.2, 0.25) is 11.6 Å². The molecule has 0 heterocycles. The Kier molecular flexibility index (Phi) is 5.69. The molecule has 1 aliphatic rings. The number of Topliss-reactive ketones (excluding diaryl/α,β-unsaturated/α-hetero) is 3. The van der Waals surface area contributed by atoms with Crippen molar-refractivity contribution in [3.05, 3.63) is 28.8 Å². The first-order chi connectivity index (χ1) is 11.0.